The molecule has 0 radical (unpaired) electrons. The molecule has 0 spiro atoms. The maximum atomic E-state index is 10.7. The second kappa shape index (κ2) is 20.7. The Bertz CT molecular complexity index is 1130. The van der Waals surface area contributed by atoms with Crippen LogP contribution in [-0.2, 0) is 29.6 Å². The van der Waals surface area contributed by atoms with Crippen LogP contribution in [0.5, 0.6) is 0 Å². The zero-order valence-electron chi connectivity index (χ0n) is 23.1. The van der Waals surface area contributed by atoms with E-state index in [1.165, 1.54) is 0 Å². The molecule has 18 heteroatoms. The Morgan fingerprint density at radius 2 is 1.25 bits per heavy atom. The smallest absolute Gasteiger partial charge is 0.741 e. The molecule has 3 heterocycles. The summed E-state index contributed by atoms with van der Waals surface area (Å²) in [4.78, 5) is 0. The normalized spacial score (nSPS) is 10.5. The van der Waals surface area contributed by atoms with E-state index in [0.29, 0.717) is 0 Å². The summed E-state index contributed by atoms with van der Waals surface area (Å²) in [7, 11) is -7.01. The predicted octanol–water partition coefficient (Wildman–Crippen LogP) is 3.24. The number of nitrogens with zero attached hydrogens (tertiary/aromatic N) is 6. The third-order valence-corrected chi connectivity index (χ3v) is 4.14. The minimum atomic E-state index is -6.09. The van der Waals surface area contributed by atoms with E-state index in [2.05, 4.69) is 61.4 Å². The van der Waals surface area contributed by atoms with E-state index < -0.39 is 22.7 Å². The number of aromatic nitrogens is 6. The van der Waals surface area contributed by atoms with Crippen molar-refractivity contribution in [2.45, 2.75) is 5.51 Å². The maximum Gasteiger partial charge on any atom is 4.00 e. The van der Waals surface area contributed by atoms with Gasteiger partial charge in [0, 0.05) is 58.1 Å². The molecule has 4 rings (SSSR count). The van der Waals surface area contributed by atoms with Crippen molar-refractivity contribution in [3.05, 3.63) is 85.7 Å². The van der Waals surface area contributed by atoms with E-state index in [4.69, 9.17) is 18.7 Å². The topological polar surface area (TPSA) is 137 Å². The molecule has 2 N–H and O–H groups in total. The largest absolute Gasteiger partial charge is 4.00 e. The number of alkyl halides is 3. The summed E-state index contributed by atoms with van der Waals surface area (Å²) in [5.41, 5.74) is 0.534. The maximum absolute atomic E-state index is 10.7. The molecule has 4 aromatic rings. The summed E-state index contributed by atoms with van der Waals surface area (Å²) in [6.07, 6.45) is 10.7. The summed E-state index contributed by atoms with van der Waals surface area (Å²) >= 11 is 0. The molecule has 0 amide bonds. The molecule has 222 valence electrons. The van der Waals surface area contributed by atoms with Crippen molar-refractivity contribution in [2.75, 3.05) is 45.7 Å². The van der Waals surface area contributed by atoms with Gasteiger partial charge in [-0.15, -0.1) is 6.20 Å². The van der Waals surface area contributed by atoms with Crippen LogP contribution in [0, 0.1) is 6.07 Å². The van der Waals surface area contributed by atoms with Crippen LogP contribution in [0.4, 0.5) is 18.9 Å². The summed E-state index contributed by atoms with van der Waals surface area (Å²) in [6.45, 7) is 13.6. The number of rotatable bonds is 3. The quantitative estimate of drug-likeness (QED) is 0.0862. The third-order valence-electron chi connectivity index (χ3n) is 3.57. The molecule has 0 unspecified atom stereocenters. The molecule has 0 bridgehead atoms. The summed E-state index contributed by atoms with van der Waals surface area (Å²) in [5.74, 6) is 0. The van der Waals surface area contributed by atoms with E-state index in [9.17, 15) is 13.2 Å². The van der Waals surface area contributed by atoms with Crippen molar-refractivity contribution >= 4 is 38.8 Å². The van der Waals surface area contributed by atoms with Crippen LogP contribution in [0.1, 0.15) is 0 Å². The van der Waals surface area contributed by atoms with Crippen molar-refractivity contribution in [1.82, 2.24) is 29.1 Å². The van der Waals surface area contributed by atoms with Crippen molar-refractivity contribution in [1.29, 1.82) is 0 Å². The molecular weight excluding hydrogens is 673 g/mol. The van der Waals surface area contributed by atoms with Gasteiger partial charge in [-0.2, -0.15) is 13.2 Å². The SMILES string of the molecule is C[PH+](C)C.C[PH+](C)C.Nc1ccccc1.O=S(=O)([O-])C(F)(F)F.[Ru+4].[c-]1cnn([BH-](n2cccn2)n2cccn2)c1. The first kappa shape index (κ1) is 40.0. The van der Waals surface area contributed by atoms with Gasteiger partial charge in [-0.25, -0.2) is 24.8 Å². The van der Waals surface area contributed by atoms with Crippen molar-refractivity contribution in [3.8, 4) is 0 Å². The molecule has 0 atom stereocenters. The Hall–Kier alpha value is -2.10. The van der Waals surface area contributed by atoms with Crippen molar-refractivity contribution < 1.29 is 45.6 Å². The molecule has 40 heavy (non-hydrogen) atoms. The summed E-state index contributed by atoms with van der Waals surface area (Å²) in [5, 5.41) is 12.7. The molecule has 0 saturated heterocycles. The standard InChI is InChI=1S/C9H9BN6.C6H7N.2C3H9P.CHF3O3S.Ru/c1-4-11-14(7-1)10(15-8-2-5-12-15)16-9-3-6-13-16;7-6-4-2-1-3-5-6;2*1-4(2)3;2-1(3,4)8(5,6)7;/h1-2,4-10H;1-5H,7H2;2*1-3H3;(H,5,6,7);/q-2;;;;;+4/p+1. The van der Waals surface area contributed by atoms with Gasteiger partial charge < -0.3 is 30.1 Å². The minimum absolute atomic E-state index is 0. The second-order valence-electron chi connectivity index (χ2n) is 8.81. The van der Waals surface area contributed by atoms with Crippen LogP contribution in [-0.4, -0.2) is 94.7 Å². The van der Waals surface area contributed by atoms with Gasteiger partial charge in [0.2, 0.25) is 0 Å². The monoisotopic (exact) mass is 710 g/mol. The fourth-order valence-electron chi connectivity index (χ4n) is 2.25. The summed E-state index contributed by atoms with van der Waals surface area (Å²) < 4.78 is 64.4. The number of nitrogens with two attached hydrogens (primary N) is 1. The third kappa shape index (κ3) is 19.1. The van der Waals surface area contributed by atoms with Crippen LogP contribution in [0.15, 0.2) is 79.6 Å². The number of nitrogen functional groups attached to an aromatic ring is 1. The van der Waals surface area contributed by atoms with Gasteiger partial charge >= 0.3 is 32.1 Å². The van der Waals surface area contributed by atoms with E-state index in [-0.39, 0.29) is 35.3 Å². The molecule has 10 nitrogen and oxygen atoms in total. The number of hydrogen-bond acceptors (Lipinski definition) is 7. The molecule has 0 aliphatic heterocycles. The molecule has 0 aliphatic rings. The number of para-hydroxylation sites is 1. The number of hydrogen-bond donors (Lipinski definition) is 1. The fourth-order valence-corrected chi connectivity index (χ4v) is 2.25. The minimum Gasteiger partial charge on any atom is -0.741 e. The number of anilines is 1. The van der Waals surface area contributed by atoms with Crippen LogP contribution in [0.25, 0.3) is 0 Å². The first-order valence-corrected chi connectivity index (χ1v) is 18.9. The van der Waals surface area contributed by atoms with Gasteiger partial charge in [0.1, 0.15) is 0 Å². The van der Waals surface area contributed by atoms with Crippen LogP contribution >= 0.6 is 15.8 Å². The Morgan fingerprint density at radius 1 is 0.850 bits per heavy atom. The molecule has 1 aromatic carbocycles. The van der Waals surface area contributed by atoms with Crippen LogP contribution in [0.3, 0.4) is 0 Å². The van der Waals surface area contributed by atoms with Gasteiger partial charge in [-0.05, 0) is 52.5 Å². The Labute approximate surface area is 249 Å². The first-order chi connectivity index (χ1) is 18.1. The van der Waals surface area contributed by atoms with E-state index in [0.717, 1.165) is 5.69 Å². The molecular formula is C22H36BF3N7O3P2RuS+3. The Balaban J connectivity index is 0. The van der Waals surface area contributed by atoms with Gasteiger partial charge in [0.25, 0.3) is 0 Å². The molecule has 3 aromatic heterocycles. The molecule has 0 fully saturated rings. The zero-order chi connectivity index (χ0) is 30.1. The van der Waals surface area contributed by atoms with Crippen LogP contribution < -0.4 is 5.73 Å². The summed E-state index contributed by atoms with van der Waals surface area (Å²) in [6, 6.07) is 16.2. The van der Waals surface area contributed by atoms with Gasteiger partial charge in [0.15, 0.2) is 10.1 Å². The fraction of sp³-hybridized carbons (Fsp3) is 0.318. The van der Waals surface area contributed by atoms with Gasteiger partial charge in [-0.3, -0.25) is 5.10 Å². The molecule has 0 aliphatic carbocycles. The van der Waals surface area contributed by atoms with Crippen molar-refractivity contribution in [3.63, 3.8) is 0 Å². The number of halogens is 3. The van der Waals surface area contributed by atoms with Crippen LogP contribution in [0.2, 0.25) is 0 Å². The van der Waals surface area contributed by atoms with Crippen molar-refractivity contribution in [2.24, 2.45) is 0 Å². The Kier molecular flexibility index (Phi) is 20.7. The predicted molar refractivity (Wildman–Crippen MR) is 158 cm³/mol. The average molecular weight is 709 g/mol. The average Bonchev–Trinajstić information content (AvgIpc) is 3.59. The van der Waals surface area contributed by atoms with E-state index in [1.54, 1.807) is 24.8 Å². The Morgan fingerprint density at radius 3 is 1.48 bits per heavy atom. The zero-order valence-corrected chi connectivity index (χ0v) is 27.6. The van der Waals surface area contributed by atoms with E-state index >= 15 is 0 Å². The second-order valence-corrected chi connectivity index (χ2v) is 16.2. The van der Waals surface area contributed by atoms with Gasteiger partial charge in [0.05, 0.1) is 0 Å². The van der Waals surface area contributed by atoms with Gasteiger partial charge in [-0.1, -0.05) is 18.2 Å². The van der Waals surface area contributed by atoms with E-state index in [1.807, 2.05) is 68.6 Å². The first-order valence-electron chi connectivity index (χ1n) is 11.5. The number of benzene rings is 1. The molecule has 0 saturated carbocycles.